The molecule has 1 amide bonds. The Labute approximate surface area is 148 Å². The summed E-state index contributed by atoms with van der Waals surface area (Å²) in [5.74, 6) is 0.0293. The van der Waals surface area contributed by atoms with Crippen molar-refractivity contribution in [3.8, 4) is 5.75 Å². The molecule has 1 heterocycles. The molecule has 0 aromatic heterocycles. The number of rotatable bonds is 5. The minimum Gasteiger partial charge on any atom is -0.491 e. The lowest BCUT2D eigenvalue weighted by molar-refractivity contribution is -0.137. The number of carbonyl (C=O) groups excluding carboxylic acids is 1. The molecule has 26 heavy (non-hydrogen) atoms. The molecule has 1 saturated heterocycles. The van der Waals surface area contributed by atoms with Gasteiger partial charge in [-0.25, -0.2) is 0 Å². The van der Waals surface area contributed by atoms with Gasteiger partial charge >= 0.3 is 6.18 Å². The molecule has 0 bridgehead atoms. The number of alkyl halides is 3. The SMILES string of the molecule is O=C(Nc1ccc(OCC2CCCO2)cc1)c1cccc(C(F)(F)F)c1. The molecule has 2 aromatic carbocycles. The van der Waals surface area contributed by atoms with Crippen molar-refractivity contribution in [3.63, 3.8) is 0 Å². The second-order valence-electron chi connectivity index (χ2n) is 6.00. The Morgan fingerprint density at radius 3 is 2.62 bits per heavy atom. The molecule has 3 rings (SSSR count). The quantitative estimate of drug-likeness (QED) is 0.848. The average molecular weight is 365 g/mol. The van der Waals surface area contributed by atoms with E-state index in [0.717, 1.165) is 31.6 Å². The van der Waals surface area contributed by atoms with Gasteiger partial charge in [0.1, 0.15) is 12.4 Å². The van der Waals surface area contributed by atoms with Gasteiger partial charge in [0.2, 0.25) is 0 Å². The van der Waals surface area contributed by atoms with E-state index < -0.39 is 17.6 Å². The third-order valence-corrected chi connectivity index (χ3v) is 4.02. The fourth-order valence-electron chi connectivity index (χ4n) is 2.64. The van der Waals surface area contributed by atoms with Crippen LogP contribution in [0.5, 0.6) is 5.75 Å². The summed E-state index contributed by atoms with van der Waals surface area (Å²) in [7, 11) is 0. The van der Waals surface area contributed by atoms with E-state index in [1.54, 1.807) is 24.3 Å². The molecule has 2 aromatic rings. The van der Waals surface area contributed by atoms with Crippen molar-refractivity contribution in [1.82, 2.24) is 0 Å². The Bertz CT molecular complexity index is 753. The summed E-state index contributed by atoms with van der Waals surface area (Å²) in [6.07, 6.45) is -2.37. The molecule has 1 aliphatic heterocycles. The van der Waals surface area contributed by atoms with E-state index in [0.29, 0.717) is 18.0 Å². The molecular formula is C19H18F3NO3. The zero-order valence-corrected chi connectivity index (χ0v) is 13.9. The lowest BCUT2D eigenvalue weighted by Crippen LogP contribution is -2.16. The third kappa shape index (κ3) is 4.76. The molecule has 0 radical (unpaired) electrons. The molecule has 7 heteroatoms. The minimum atomic E-state index is -4.49. The van der Waals surface area contributed by atoms with Crippen molar-refractivity contribution in [1.29, 1.82) is 0 Å². The second-order valence-corrected chi connectivity index (χ2v) is 6.00. The van der Waals surface area contributed by atoms with Crippen molar-refractivity contribution in [2.75, 3.05) is 18.5 Å². The first-order valence-corrected chi connectivity index (χ1v) is 8.25. The summed E-state index contributed by atoms with van der Waals surface area (Å²) in [5.41, 5.74) is -0.446. The molecule has 1 aliphatic rings. The number of nitrogens with one attached hydrogen (secondary N) is 1. The van der Waals surface area contributed by atoms with Crippen molar-refractivity contribution >= 4 is 11.6 Å². The standard InChI is InChI=1S/C19H18F3NO3/c20-19(21,22)14-4-1-3-13(11-14)18(24)23-15-6-8-16(9-7-15)26-12-17-5-2-10-25-17/h1,3-4,6-9,11,17H,2,5,10,12H2,(H,23,24). The summed E-state index contributed by atoms with van der Waals surface area (Å²) in [6.45, 7) is 1.23. The Morgan fingerprint density at radius 1 is 1.19 bits per heavy atom. The maximum absolute atomic E-state index is 12.7. The molecule has 1 fully saturated rings. The van der Waals surface area contributed by atoms with E-state index in [9.17, 15) is 18.0 Å². The summed E-state index contributed by atoms with van der Waals surface area (Å²) < 4.78 is 49.3. The van der Waals surface area contributed by atoms with Crippen LogP contribution in [0.3, 0.4) is 0 Å². The van der Waals surface area contributed by atoms with Gasteiger partial charge in [-0.1, -0.05) is 6.07 Å². The van der Waals surface area contributed by atoms with Crippen LogP contribution < -0.4 is 10.1 Å². The molecule has 4 nitrogen and oxygen atoms in total. The lowest BCUT2D eigenvalue weighted by Gasteiger charge is -2.12. The fraction of sp³-hybridized carbons (Fsp3) is 0.316. The topological polar surface area (TPSA) is 47.6 Å². The summed E-state index contributed by atoms with van der Waals surface area (Å²) >= 11 is 0. The molecule has 138 valence electrons. The van der Waals surface area contributed by atoms with Gasteiger partial charge in [0.25, 0.3) is 5.91 Å². The maximum Gasteiger partial charge on any atom is 0.416 e. The molecule has 0 spiro atoms. The molecule has 1 unspecified atom stereocenters. The van der Waals surface area contributed by atoms with Gasteiger partial charge in [-0.3, -0.25) is 4.79 Å². The van der Waals surface area contributed by atoms with Gasteiger partial charge in [0, 0.05) is 17.9 Å². The van der Waals surface area contributed by atoms with Gasteiger partial charge in [-0.15, -0.1) is 0 Å². The lowest BCUT2D eigenvalue weighted by atomic mass is 10.1. The number of hydrogen-bond donors (Lipinski definition) is 1. The average Bonchev–Trinajstić information content (AvgIpc) is 3.14. The third-order valence-electron chi connectivity index (χ3n) is 4.02. The van der Waals surface area contributed by atoms with Crippen LogP contribution in [-0.4, -0.2) is 25.2 Å². The van der Waals surface area contributed by atoms with Crippen molar-refractivity contribution in [3.05, 3.63) is 59.7 Å². The van der Waals surface area contributed by atoms with Gasteiger partial charge in [0.05, 0.1) is 11.7 Å². The fourth-order valence-corrected chi connectivity index (χ4v) is 2.64. The van der Waals surface area contributed by atoms with Crippen molar-refractivity contribution in [2.24, 2.45) is 0 Å². The molecule has 1 N–H and O–H groups in total. The first-order valence-electron chi connectivity index (χ1n) is 8.25. The second kappa shape index (κ2) is 7.78. The van der Waals surface area contributed by atoms with E-state index in [2.05, 4.69) is 5.32 Å². The summed E-state index contributed by atoms with van der Waals surface area (Å²) in [4.78, 5) is 12.2. The number of anilines is 1. The van der Waals surface area contributed by atoms with Crippen LogP contribution in [0.2, 0.25) is 0 Å². The summed E-state index contributed by atoms with van der Waals surface area (Å²) in [5, 5.41) is 2.57. The van der Waals surface area contributed by atoms with E-state index in [4.69, 9.17) is 9.47 Å². The van der Waals surface area contributed by atoms with Gasteiger partial charge in [-0.2, -0.15) is 13.2 Å². The van der Waals surface area contributed by atoms with Crippen LogP contribution in [0.1, 0.15) is 28.8 Å². The Kier molecular flexibility index (Phi) is 5.46. The van der Waals surface area contributed by atoms with E-state index in [-0.39, 0.29) is 11.7 Å². The first-order chi connectivity index (χ1) is 12.4. The minimum absolute atomic E-state index is 0.0569. The van der Waals surface area contributed by atoms with Crippen LogP contribution in [0.4, 0.5) is 18.9 Å². The Morgan fingerprint density at radius 2 is 1.96 bits per heavy atom. The highest BCUT2D eigenvalue weighted by Crippen LogP contribution is 2.29. The van der Waals surface area contributed by atoms with Crippen molar-refractivity contribution < 1.29 is 27.4 Å². The zero-order valence-electron chi connectivity index (χ0n) is 13.9. The molecule has 1 atom stereocenters. The molecular weight excluding hydrogens is 347 g/mol. The molecule has 0 saturated carbocycles. The van der Waals surface area contributed by atoms with Gasteiger partial charge in [-0.05, 0) is 55.3 Å². The largest absolute Gasteiger partial charge is 0.491 e. The predicted octanol–water partition coefficient (Wildman–Crippen LogP) is 4.52. The van der Waals surface area contributed by atoms with E-state index in [1.165, 1.54) is 12.1 Å². The predicted molar refractivity (Wildman–Crippen MR) is 90.3 cm³/mol. The number of hydrogen-bond acceptors (Lipinski definition) is 3. The highest BCUT2D eigenvalue weighted by molar-refractivity contribution is 6.04. The van der Waals surface area contributed by atoms with Crippen LogP contribution >= 0.6 is 0 Å². The number of carbonyl (C=O) groups is 1. The monoisotopic (exact) mass is 365 g/mol. The Hall–Kier alpha value is -2.54. The highest BCUT2D eigenvalue weighted by Gasteiger charge is 2.30. The van der Waals surface area contributed by atoms with Crippen LogP contribution in [-0.2, 0) is 10.9 Å². The first kappa shape index (κ1) is 18.3. The summed E-state index contributed by atoms with van der Waals surface area (Å²) in [6, 6.07) is 11.0. The zero-order chi connectivity index (χ0) is 18.6. The maximum atomic E-state index is 12.7. The van der Waals surface area contributed by atoms with Crippen molar-refractivity contribution in [2.45, 2.75) is 25.1 Å². The van der Waals surface area contributed by atoms with Crippen LogP contribution in [0.25, 0.3) is 0 Å². The number of amides is 1. The number of halogens is 3. The highest BCUT2D eigenvalue weighted by atomic mass is 19.4. The van der Waals surface area contributed by atoms with Crippen LogP contribution in [0, 0.1) is 0 Å². The van der Waals surface area contributed by atoms with E-state index >= 15 is 0 Å². The molecule has 0 aliphatic carbocycles. The van der Waals surface area contributed by atoms with E-state index in [1.807, 2.05) is 0 Å². The Balaban J connectivity index is 1.59. The number of benzene rings is 2. The smallest absolute Gasteiger partial charge is 0.416 e. The van der Waals surface area contributed by atoms with Gasteiger partial charge < -0.3 is 14.8 Å². The normalized spacial score (nSPS) is 17.1. The van der Waals surface area contributed by atoms with Gasteiger partial charge in [0.15, 0.2) is 0 Å². The van der Waals surface area contributed by atoms with Crippen LogP contribution in [0.15, 0.2) is 48.5 Å². The number of ether oxygens (including phenoxy) is 2.